The summed E-state index contributed by atoms with van der Waals surface area (Å²) in [7, 11) is 0. The van der Waals surface area contributed by atoms with Crippen molar-refractivity contribution in [3.05, 3.63) is 11.9 Å². The Balaban J connectivity index is 2.22. The van der Waals surface area contributed by atoms with Crippen LogP contribution in [0.1, 0.15) is 45.4 Å². The smallest absolute Gasteiger partial charge is 0.370 e. The van der Waals surface area contributed by atoms with E-state index in [9.17, 15) is 13.2 Å². The zero-order valence-electron chi connectivity index (χ0n) is 12.3. The van der Waals surface area contributed by atoms with Crippen molar-refractivity contribution in [1.29, 1.82) is 0 Å². The number of halogens is 3. The molecular weight excluding hydrogens is 281 g/mol. The molecule has 1 aromatic heterocycles. The van der Waals surface area contributed by atoms with Crippen LogP contribution in [0.25, 0.3) is 0 Å². The predicted octanol–water partition coefficient (Wildman–Crippen LogP) is 3.92. The average Bonchev–Trinajstić information content (AvgIpc) is 2.41. The predicted molar refractivity (Wildman–Crippen MR) is 76.2 cm³/mol. The highest BCUT2D eigenvalue weighted by atomic mass is 19.4. The molecule has 118 valence electrons. The van der Waals surface area contributed by atoms with Gasteiger partial charge in [-0.1, -0.05) is 19.8 Å². The van der Waals surface area contributed by atoms with Crippen molar-refractivity contribution in [3.63, 3.8) is 0 Å². The number of hydrogen-bond acceptors (Lipinski definition) is 4. The van der Waals surface area contributed by atoms with Gasteiger partial charge in [-0.25, -0.2) is 9.97 Å². The maximum Gasteiger partial charge on any atom is 0.451 e. The summed E-state index contributed by atoms with van der Waals surface area (Å²) in [6, 6.07) is 1.71. The van der Waals surface area contributed by atoms with E-state index >= 15 is 0 Å². The molecule has 21 heavy (non-hydrogen) atoms. The third-order valence-electron chi connectivity index (χ3n) is 3.78. The van der Waals surface area contributed by atoms with Crippen LogP contribution in [0.15, 0.2) is 6.07 Å². The lowest BCUT2D eigenvalue weighted by molar-refractivity contribution is -0.144. The Morgan fingerprint density at radius 1 is 1.19 bits per heavy atom. The van der Waals surface area contributed by atoms with Crippen molar-refractivity contribution in [2.45, 2.75) is 51.7 Å². The minimum absolute atomic E-state index is 0.171. The summed E-state index contributed by atoms with van der Waals surface area (Å²) in [5.41, 5.74) is 0. The Kier molecular flexibility index (Phi) is 4.90. The zero-order chi connectivity index (χ0) is 15.5. The van der Waals surface area contributed by atoms with Crippen molar-refractivity contribution in [2.24, 2.45) is 5.92 Å². The summed E-state index contributed by atoms with van der Waals surface area (Å²) in [5.74, 6) is -0.227. The molecule has 0 amide bonds. The van der Waals surface area contributed by atoms with Gasteiger partial charge in [0, 0.05) is 18.7 Å². The number of nitrogens with zero attached hydrogens (tertiary/aromatic N) is 2. The molecule has 1 aliphatic rings. The molecule has 0 aliphatic heterocycles. The summed E-state index contributed by atoms with van der Waals surface area (Å²) in [5, 5.41) is 5.97. The van der Waals surface area contributed by atoms with E-state index in [1.54, 1.807) is 6.07 Å². The van der Waals surface area contributed by atoms with Gasteiger partial charge in [0.25, 0.3) is 0 Å². The van der Waals surface area contributed by atoms with Crippen LogP contribution in [0.4, 0.5) is 24.8 Å². The Labute approximate surface area is 122 Å². The standard InChI is InChI=1S/C14H21F3N4/c1-3-18-11-8-12(21-13(20-11)14(15,16)17)19-10-7-5-4-6-9(10)2/h8-10H,3-7H2,1-2H3,(H2,18,19,20,21). The Morgan fingerprint density at radius 2 is 1.86 bits per heavy atom. The van der Waals surface area contributed by atoms with Gasteiger partial charge in [-0.3, -0.25) is 0 Å². The third-order valence-corrected chi connectivity index (χ3v) is 3.78. The monoisotopic (exact) mass is 302 g/mol. The van der Waals surface area contributed by atoms with Crippen LogP contribution in [0, 0.1) is 5.92 Å². The maximum absolute atomic E-state index is 12.9. The molecule has 4 nitrogen and oxygen atoms in total. The highest BCUT2D eigenvalue weighted by molar-refractivity contribution is 5.48. The van der Waals surface area contributed by atoms with Crippen molar-refractivity contribution < 1.29 is 13.2 Å². The second kappa shape index (κ2) is 6.49. The van der Waals surface area contributed by atoms with Crippen LogP contribution >= 0.6 is 0 Å². The van der Waals surface area contributed by atoms with Gasteiger partial charge in [-0.05, 0) is 25.7 Å². The normalized spacial score (nSPS) is 22.9. The number of anilines is 2. The van der Waals surface area contributed by atoms with Gasteiger partial charge in [0.1, 0.15) is 11.6 Å². The number of rotatable bonds is 4. The molecule has 1 heterocycles. The number of aromatic nitrogens is 2. The molecule has 0 spiro atoms. The largest absolute Gasteiger partial charge is 0.451 e. The van der Waals surface area contributed by atoms with Crippen LogP contribution in [-0.4, -0.2) is 22.6 Å². The summed E-state index contributed by atoms with van der Waals surface area (Å²) in [4.78, 5) is 7.15. The van der Waals surface area contributed by atoms with Gasteiger partial charge in [-0.2, -0.15) is 13.2 Å². The van der Waals surface area contributed by atoms with E-state index in [1.807, 2.05) is 6.92 Å². The first kappa shape index (κ1) is 15.9. The summed E-state index contributed by atoms with van der Waals surface area (Å²) in [6.07, 6.45) is -0.211. The number of alkyl halides is 3. The first-order chi connectivity index (χ1) is 9.90. The van der Waals surface area contributed by atoms with Gasteiger partial charge in [-0.15, -0.1) is 0 Å². The maximum atomic E-state index is 12.9. The third kappa shape index (κ3) is 4.22. The highest BCUT2D eigenvalue weighted by Gasteiger charge is 2.35. The van der Waals surface area contributed by atoms with Crippen LogP contribution in [0.2, 0.25) is 0 Å². The molecular formula is C14H21F3N4. The fourth-order valence-corrected chi connectivity index (χ4v) is 2.64. The lowest BCUT2D eigenvalue weighted by atomic mass is 9.86. The molecule has 1 aliphatic carbocycles. The number of hydrogen-bond donors (Lipinski definition) is 2. The molecule has 2 atom stereocenters. The van der Waals surface area contributed by atoms with Gasteiger partial charge in [0.2, 0.25) is 5.82 Å². The lowest BCUT2D eigenvalue weighted by Crippen LogP contribution is -2.31. The fourth-order valence-electron chi connectivity index (χ4n) is 2.64. The van der Waals surface area contributed by atoms with Crippen LogP contribution in [0.5, 0.6) is 0 Å². The molecule has 1 fully saturated rings. The van der Waals surface area contributed by atoms with Crippen LogP contribution in [-0.2, 0) is 6.18 Å². The zero-order valence-corrected chi connectivity index (χ0v) is 12.3. The van der Waals surface area contributed by atoms with Crippen molar-refractivity contribution in [1.82, 2.24) is 9.97 Å². The molecule has 2 unspecified atom stereocenters. The van der Waals surface area contributed by atoms with E-state index in [2.05, 4.69) is 27.5 Å². The van der Waals surface area contributed by atoms with Gasteiger partial charge < -0.3 is 10.6 Å². The molecule has 0 aromatic carbocycles. The van der Waals surface area contributed by atoms with Crippen molar-refractivity contribution in [2.75, 3.05) is 17.2 Å². The van der Waals surface area contributed by atoms with E-state index < -0.39 is 12.0 Å². The van der Waals surface area contributed by atoms with Gasteiger partial charge in [0.15, 0.2) is 0 Å². The van der Waals surface area contributed by atoms with Crippen molar-refractivity contribution in [3.8, 4) is 0 Å². The second-order valence-electron chi connectivity index (χ2n) is 5.50. The second-order valence-corrected chi connectivity index (χ2v) is 5.50. The lowest BCUT2D eigenvalue weighted by Gasteiger charge is -2.30. The molecule has 2 N–H and O–H groups in total. The summed E-state index contributed by atoms with van der Waals surface area (Å²) < 4.78 is 38.6. The Morgan fingerprint density at radius 3 is 2.48 bits per heavy atom. The Hall–Kier alpha value is -1.53. The molecule has 0 saturated heterocycles. The average molecular weight is 302 g/mol. The summed E-state index contributed by atoms with van der Waals surface area (Å²) >= 11 is 0. The van der Waals surface area contributed by atoms with Gasteiger partial charge in [0.05, 0.1) is 0 Å². The van der Waals surface area contributed by atoms with E-state index in [4.69, 9.17) is 0 Å². The number of nitrogens with one attached hydrogen (secondary N) is 2. The fraction of sp³-hybridized carbons (Fsp3) is 0.714. The molecule has 0 radical (unpaired) electrons. The molecule has 1 saturated carbocycles. The highest BCUT2D eigenvalue weighted by Crippen LogP contribution is 2.30. The summed E-state index contributed by atoms with van der Waals surface area (Å²) in [6.45, 7) is 4.44. The molecule has 7 heteroatoms. The first-order valence-corrected chi connectivity index (χ1v) is 7.37. The van der Waals surface area contributed by atoms with E-state index in [-0.39, 0.29) is 17.7 Å². The van der Waals surface area contributed by atoms with E-state index in [1.165, 1.54) is 6.42 Å². The molecule has 1 aromatic rings. The quantitative estimate of drug-likeness (QED) is 0.885. The minimum atomic E-state index is -4.54. The minimum Gasteiger partial charge on any atom is -0.370 e. The van der Waals surface area contributed by atoms with Gasteiger partial charge >= 0.3 is 6.18 Å². The van der Waals surface area contributed by atoms with Crippen LogP contribution < -0.4 is 10.6 Å². The van der Waals surface area contributed by atoms with Crippen molar-refractivity contribution >= 4 is 11.6 Å². The molecule has 2 rings (SSSR count). The van der Waals surface area contributed by atoms with E-state index in [0.717, 1.165) is 19.3 Å². The Bertz CT molecular complexity index is 476. The SMILES string of the molecule is CCNc1cc(NC2CCCCC2C)nc(C(F)(F)F)n1. The topological polar surface area (TPSA) is 49.8 Å². The molecule has 0 bridgehead atoms. The van der Waals surface area contributed by atoms with E-state index in [0.29, 0.717) is 12.5 Å². The van der Waals surface area contributed by atoms with Crippen LogP contribution in [0.3, 0.4) is 0 Å². The first-order valence-electron chi connectivity index (χ1n) is 7.37.